The van der Waals surface area contributed by atoms with Crippen molar-refractivity contribution in [1.29, 1.82) is 5.26 Å². The Morgan fingerprint density at radius 1 is 1.24 bits per heavy atom. The minimum atomic E-state index is -0.481. The van der Waals surface area contributed by atoms with Gasteiger partial charge in [0, 0.05) is 24.4 Å². The van der Waals surface area contributed by atoms with Crippen LogP contribution in [0.5, 0.6) is 5.88 Å². The Bertz CT molecular complexity index is 810. The number of nitriles is 1. The summed E-state index contributed by atoms with van der Waals surface area (Å²) in [6, 6.07) is 8.12. The molecule has 3 rings (SSSR count). The minimum absolute atomic E-state index is 0.0448. The monoisotopic (exact) mass is 339 g/mol. The van der Waals surface area contributed by atoms with Crippen LogP contribution in [-0.4, -0.2) is 23.0 Å². The van der Waals surface area contributed by atoms with Gasteiger partial charge in [-0.15, -0.1) is 0 Å². The number of pyridine rings is 1. The number of hydrogen-bond donors (Lipinski definition) is 1. The number of hydrogen-bond acceptors (Lipinski definition) is 6. The highest BCUT2D eigenvalue weighted by Gasteiger charge is 2.24. The zero-order valence-electron chi connectivity index (χ0n) is 13.5. The number of rotatable bonds is 4. The summed E-state index contributed by atoms with van der Waals surface area (Å²) in [7, 11) is 0. The summed E-state index contributed by atoms with van der Waals surface area (Å²) < 4.78 is 10.5. The Labute approximate surface area is 144 Å². The van der Waals surface area contributed by atoms with Gasteiger partial charge in [-0.25, -0.2) is 9.78 Å². The van der Waals surface area contributed by atoms with Crippen molar-refractivity contribution < 1.29 is 13.9 Å². The van der Waals surface area contributed by atoms with Crippen LogP contribution in [-0.2, 0) is 0 Å². The first-order valence-corrected chi connectivity index (χ1v) is 8.06. The molecular formula is C18H17N3O4. The molecule has 1 aliphatic rings. The SMILES string of the molecule is N#Cc1ccc(OC2CCC(NC(=O)c3ccc(=O)oc3)CC2)nc1. The molecule has 1 aliphatic carbocycles. The van der Waals surface area contributed by atoms with E-state index in [1.54, 1.807) is 12.1 Å². The topological polar surface area (TPSA) is 105 Å². The van der Waals surface area contributed by atoms with Gasteiger partial charge in [-0.2, -0.15) is 5.26 Å². The third-order valence-corrected chi connectivity index (χ3v) is 4.13. The highest BCUT2D eigenvalue weighted by atomic mass is 16.5. The smallest absolute Gasteiger partial charge is 0.335 e. The summed E-state index contributed by atoms with van der Waals surface area (Å²) >= 11 is 0. The molecule has 25 heavy (non-hydrogen) atoms. The first kappa shape index (κ1) is 16.7. The van der Waals surface area contributed by atoms with Gasteiger partial charge in [0.05, 0.1) is 11.1 Å². The average Bonchev–Trinajstić information content (AvgIpc) is 2.64. The molecular weight excluding hydrogens is 322 g/mol. The molecule has 2 heterocycles. The quantitative estimate of drug-likeness (QED) is 0.913. The molecule has 0 unspecified atom stereocenters. The van der Waals surface area contributed by atoms with Gasteiger partial charge in [-0.3, -0.25) is 4.79 Å². The molecule has 0 aromatic carbocycles. The molecule has 128 valence electrons. The van der Waals surface area contributed by atoms with Gasteiger partial charge in [0.15, 0.2) is 0 Å². The number of nitrogens with zero attached hydrogens (tertiary/aromatic N) is 2. The maximum atomic E-state index is 12.1. The number of aromatic nitrogens is 1. The van der Waals surface area contributed by atoms with Crippen LogP contribution < -0.4 is 15.7 Å². The molecule has 1 fully saturated rings. The average molecular weight is 339 g/mol. The number of carbonyl (C=O) groups excluding carboxylic acids is 1. The van der Waals surface area contributed by atoms with Gasteiger partial charge in [0.25, 0.3) is 5.91 Å². The van der Waals surface area contributed by atoms with Crippen LogP contribution in [0.25, 0.3) is 0 Å². The fraction of sp³-hybridized carbons (Fsp3) is 0.333. The highest BCUT2D eigenvalue weighted by Crippen LogP contribution is 2.23. The molecule has 0 aliphatic heterocycles. The van der Waals surface area contributed by atoms with Crippen molar-refractivity contribution in [3.63, 3.8) is 0 Å². The summed E-state index contributed by atoms with van der Waals surface area (Å²) in [6.45, 7) is 0. The van der Waals surface area contributed by atoms with Crippen molar-refractivity contribution in [2.75, 3.05) is 0 Å². The number of nitrogens with one attached hydrogen (secondary N) is 1. The number of amides is 1. The van der Waals surface area contributed by atoms with Crippen molar-refractivity contribution in [3.8, 4) is 11.9 Å². The van der Waals surface area contributed by atoms with Gasteiger partial charge in [-0.1, -0.05) is 0 Å². The van der Waals surface area contributed by atoms with Crippen LogP contribution in [0, 0.1) is 11.3 Å². The molecule has 0 radical (unpaired) electrons. The Balaban J connectivity index is 1.48. The van der Waals surface area contributed by atoms with E-state index in [1.165, 1.54) is 24.6 Å². The standard InChI is InChI=1S/C18H17N3O4/c19-9-12-1-7-16(20-10-12)25-15-5-3-14(4-6-15)21-18(23)13-2-8-17(22)24-11-13/h1-2,7-8,10-11,14-15H,3-6H2,(H,21,23). The Morgan fingerprint density at radius 2 is 2.04 bits per heavy atom. The van der Waals surface area contributed by atoms with Gasteiger partial charge in [0.2, 0.25) is 5.88 Å². The summed E-state index contributed by atoms with van der Waals surface area (Å²) in [6.07, 6.45) is 5.89. The summed E-state index contributed by atoms with van der Waals surface area (Å²) in [5.41, 5.74) is 0.348. The molecule has 7 heteroatoms. The van der Waals surface area contributed by atoms with E-state index in [1.807, 2.05) is 6.07 Å². The van der Waals surface area contributed by atoms with E-state index in [0.717, 1.165) is 25.7 Å². The summed E-state index contributed by atoms with van der Waals surface area (Å²) in [5, 5.41) is 11.7. The molecule has 7 nitrogen and oxygen atoms in total. The molecule has 0 bridgehead atoms. The minimum Gasteiger partial charge on any atom is -0.474 e. The molecule has 2 aromatic rings. The zero-order chi connectivity index (χ0) is 17.6. The Morgan fingerprint density at radius 3 is 2.64 bits per heavy atom. The first-order valence-electron chi connectivity index (χ1n) is 8.06. The van der Waals surface area contributed by atoms with E-state index in [-0.39, 0.29) is 18.1 Å². The second-order valence-corrected chi connectivity index (χ2v) is 5.91. The second-order valence-electron chi connectivity index (χ2n) is 5.91. The lowest BCUT2D eigenvalue weighted by Crippen LogP contribution is -2.39. The van der Waals surface area contributed by atoms with Crippen molar-refractivity contribution in [2.45, 2.75) is 37.8 Å². The molecule has 0 atom stereocenters. The molecule has 1 N–H and O–H groups in total. The van der Waals surface area contributed by atoms with Crippen LogP contribution in [0.2, 0.25) is 0 Å². The number of carbonyl (C=O) groups is 1. The zero-order valence-corrected chi connectivity index (χ0v) is 13.5. The van der Waals surface area contributed by atoms with Gasteiger partial charge < -0.3 is 14.5 Å². The van der Waals surface area contributed by atoms with Crippen molar-refractivity contribution in [3.05, 3.63) is 58.3 Å². The van der Waals surface area contributed by atoms with E-state index in [9.17, 15) is 9.59 Å². The Kier molecular flexibility index (Phi) is 5.09. The van der Waals surface area contributed by atoms with Crippen LogP contribution in [0.4, 0.5) is 0 Å². The number of ether oxygens (including phenoxy) is 1. The van der Waals surface area contributed by atoms with Crippen LogP contribution >= 0.6 is 0 Å². The predicted molar refractivity (Wildman–Crippen MR) is 88.1 cm³/mol. The normalized spacial score (nSPS) is 19.6. The Hall–Kier alpha value is -3.14. The third kappa shape index (κ3) is 4.44. The molecule has 1 saturated carbocycles. The molecule has 0 spiro atoms. The predicted octanol–water partition coefficient (Wildman–Crippen LogP) is 2.03. The van der Waals surface area contributed by atoms with Gasteiger partial charge in [0.1, 0.15) is 18.4 Å². The second kappa shape index (κ2) is 7.62. The molecule has 1 amide bonds. The van der Waals surface area contributed by atoms with E-state index < -0.39 is 5.63 Å². The lowest BCUT2D eigenvalue weighted by molar-refractivity contribution is 0.0888. The van der Waals surface area contributed by atoms with E-state index in [4.69, 9.17) is 14.4 Å². The summed E-state index contributed by atoms with van der Waals surface area (Å²) in [4.78, 5) is 27.1. The van der Waals surface area contributed by atoms with E-state index >= 15 is 0 Å². The maximum absolute atomic E-state index is 12.1. The summed E-state index contributed by atoms with van der Waals surface area (Å²) in [5.74, 6) is 0.257. The van der Waals surface area contributed by atoms with E-state index in [2.05, 4.69) is 10.3 Å². The van der Waals surface area contributed by atoms with Crippen molar-refractivity contribution in [1.82, 2.24) is 10.3 Å². The van der Waals surface area contributed by atoms with Crippen molar-refractivity contribution >= 4 is 5.91 Å². The van der Waals surface area contributed by atoms with Gasteiger partial charge >= 0.3 is 5.63 Å². The van der Waals surface area contributed by atoms with Crippen molar-refractivity contribution in [2.24, 2.45) is 0 Å². The van der Waals surface area contributed by atoms with Gasteiger partial charge in [-0.05, 0) is 37.8 Å². The van der Waals surface area contributed by atoms with Crippen LogP contribution in [0.1, 0.15) is 41.6 Å². The fourth-order valence-electron chi connectivity index (χ4n) is 2.77. The first-order chi connectivity index (χ1) is 12.1. The molecule has 0 saturated heterocycles. The maximum Gasteiger partial charge on any atom is 0.335 e. The fourth-order valence-corrected chi connectivity index (χ4v) is 2.77. The van der Waals surface area contributed by atoms with Crippen LogP contribution in [0.3, 0.4) is 0 Å². The highest BCUT2D eigenvalue weighted by molar-refractivity contribution is 5.93. The lowest BCUT2D eigenvalue weighted by atomic mass is 9.93. The lowest BCUT2D eigenvalue weighted by Gasteiger charge is -2.29. The van der Waals surface area contributed by atoms with E-state index in [0.29, 0.717) is 17.0 Å². The van der Waals surface area contributed by atoms with Crippen LogP contribution in [0.15, 0.2) is 45.9 Å². The third-order valence-electron chi connectivity index (χ3n) is 4.13. The molecule has 2 aromatic heterocycles. The largest absolute Gasteiger partial charge is 0.474 e.